The third kappa shape index (κ3) is 5.68. The monoisotopic (exact) mass is 462 g/mol. The first-order chi connectivity index (χ1) is 16.0. The van der Waals surface area contributed by atoms with Crippen LogP contribution in [-0.2, 0) is 16.1 Å². The molecule has 4 aromatic rings. The molecule has 0 atom stereocenters. The lowest BCUT2D eigenvalue weighted by atomic mass is 10.1. The van der Waals surface area contributed by atoms with Gasteiger partial charge in [0.2, 0.25) is 5.91 Å². The minimum Gasteiger partial charge on any atom is -0.383 e. The fraction of sp³-hybridized carbons (Fsp3) is 0.250. The molecule has 33 heavy (non-hydrogen) atoms. The molecule has 0 saturated carbocycles. The summed E-state index contributed by atoms with van der Waals surface area (Å²) >= 11 is 1.33. The highest BCUT2D eigenvalue weighted by atomic mass is 32.2. The summed E-state index contributed by atoms with van der Waals surface area (Å²) in [6.07, 6.45) is 1.64. The predicted molar refractivity (Wildman–Crippen MR) is 130 cm³/mol. The number of aryl methyl sites for hydroxylation is 2. The fourth-order valence-electron chi connectivity index (χ4n) is 3.51. The zero-order chi connectivity index (χ0) is 23.2. The number of nitrogens with one attached hydrogen (secondary N) is 1. The third-order valence-corrected chi connectivity index (χ3v) is 5.92. The summed E-state index contributed by atoms with van der Waals surface area (Å²) < 4.78 is 8.74. The molecule has 0 bridgehead atoms. The maximum atomic E-state index is 12.8. The summed E-state index contributed by atoms with van der Waals surface area (Å²) in [5.41, 5.74) is 5.01. The van der Waals surface area contributed by atoms with E-state index in [2.05, 4.69) is 47.6 Å². The first-order valence-corrected chi connectivity index (χ1v) is 11.6. The van der Waals surface area contributed by atoms with E-state index in [0.717, 1.165) is 16.9 Å². The second kappa shape index (κ2) is 10.5. The minimum absolute atomic E-state index is 0.148. The molecule has 0 unspecified atom stereocenters. The summed E-state index contributed by atoms with van der Waals surface area (Å²) in [6, 6.07) is 18.0. The van der Waals surface area contributed by atoms with Crippen LogP contribution in [-0.4, -0.2) is 49.9 Å². The molecule has 4 rings (SSSR count). The quantitative estimate of drug-likeness (QED) is 0.377. The maximum absolute atomic E-state index is 12.8. The van der Waals surface area contributed by atoms with Gasteiger partial charge in [-0.15, -0.1) is 10.2 Å². The van der Waals surface area contributed by atoms with Crippen LogP contribution in [0, 0.1) is 13.8 Å². The number of methoxy groups -OCH3 is 1. The van der Waals surface area contributed by atoms with Crippen molar-refractivity contribution in [1.82, 2.24) is 24.5 Å². The highest BCUT2D eigenvalue weighted by Gasteiger charge is 2.15. The lowest BCUT2D eigenvalue weighted by Gasteiger charge is -2.09. The number of para-hydroxylation sites is 1. The summed E-state index contributed by atoms with van der Waals surface area (Å²) in [5, 5.41) is 16.5. The average molecular weight is 463 g/mol. The molecule has 1 N–H and O–H groups in total. The SMILES string of the molecule is COCCn1cnnc1SCC(=O)Nc1cc(-c2cc(C)cc(C)c2)nn1-c1ccccc1. The van der Waals surface area contributed by atoms with Crippen LogP contribution in [0.25, 0.3) is 16.9 Å². The first kappa shape index (κ1) is 22.8. The van der Waals surface area contributed by atoms with E-state index in [4.69, 9.17) is 9.84 Å². The molecule has 0 aliphatic carbocycles. The van der Waals surface area contributed by atoms with Crippen LogP contribution < -0.4 is 5.32 Å². The van der Waals surface area contributed by atoms with Crippen LogP contribution in [0.5, 0.6) is 0 Å². The standard InChI is InChI=1S/C24H26N6O2S/c1-17-11-18(2)13-19(12-17)21-14-22(30(28-21)20-7-5-4-6-8-20)26-23(31)15-33-24-27-25-16-29(24)9-10-32-3/h4-8,11-14,16H,9-10,15H2,1-3H3,(H,26,31). The number of amides is 1. The van der Waals surface area contributed by atoms with Gasteiger partial charge in [-0.2, -0.15) is 5.10 Å². The van der Waals surface area contributed by atoms with Crippen molar-refractivity contribution in [2.45, 2.75) is 25.5 Å². The van der Waals surface area contributed by atoms with Crippen LogP contribution in [0.3, 0.4) is 0 Å². The van der Waals surface area contributed by atoms with Gasteiger partial charge in [-0.3, -0.25) is 4.79 Å². The molecule has 0 aliphatic rings. The van der Waals surface area contributed by atoms with Gasteiger partial charge in [-0.05, 0) is 38.1 Å². The number of nitrogens with zero attached hydrogens (tertiary/aromatic N) is 5. The van der Waals surface area contributed by atoms with E-state index in [1.807, 2.05) is 41.0 Å². The lowest BCUT2D eigenvalue weighted by molar-refractivity contribution is -0.113. The number of benzene rings is 2. The van der Waals surface area contributed by atoms with Crippen LogP contribution in [0.2, 0.25) is 0 Å². The Morgan fingerprint density at radius 3 is 2.58 bits per heavy atom. The molecule has 2 aromatic heterocycles. The second-order valence-corrected chi connectivity index (χ2v) is 8.62. The van der Waals surface area contributed by atoms with Crippen molar-refractivity contribution in [2.24, 2.45) is 0 Å². The number of thioether (sulfide) groups is 1. The Balaban J connectivity index is 1.55. The molecule has 1 amide bonds. The van der Waals surface area contributed by atoms with Crippen molar-refractivity contribution in [3.63, 3.8) is 0 Å². The van der Waals surface area contributed by atoms with Crippen molar-refractivity contribution in [1.29, 1.82) is 0 Å². The van der Waals surface area contributed by atoms with Gasteiger partial charge in [0.25, 0.3) is 0 Å². The van der Waals surface area contributed by atoms with Gasteiger partial charge in [-0.1, -0.05) is 47.2 Å². The van der Waals surface area contributed by atoms with Crippen molar-refractivity contribution < 1.29 is 9.53 Å². The van der Waals surface area contributed by atoms with Crippen LogP contribution in [0.1, 0.15) is 11.1 Å². The molecule has 8 nitrogen and oxygen atoms in total. The van der Waals surface area contributed by atoms with Gasteiger partial charge in [0, 0.05) is 25.3 Å². The highest BCUT2D eigenvalue weighted by molar-refractivity contribution is 7.99. The summed E-state index contributed by atoms with van der Waals surface area (Å²) in [4.78, 5) is 12.8. The normalized spacial score (nSPS) is 11.0. The Kier molecular flexibility index (Phi) is 7.21. The molecule has 0 radical (unpaired) electrons. The van der Waals surface area contributed by atoms with E-state index in [9.17, 15) is 4.79 Å². The minimum atomic E-state index is -0.148. The number of rotatable bonds is 9. The predicted octanol–water partition coefficient (Wildman–Crippen LogP) is 4.12. The highest BCUT2D eigenvalue weighted by Crippen LogP contribution is 2.27. The largest absolute Gasteiger partial charge is 0.383 e. The lowest BCUT2D eigenvalue weighted by Crippen LogP contribution is -2.17. The molecule has 170 valence electrons. The zero-order valence-corrected chi connectivity index (χ0v) is 19.7. The zero-order valence-electron chi connectivity index (χ0n) is 18.9. The number of anilines is 1. The van der Waals surface area contributed by atoms with Crippen molar-refractivity contribution >= 4 is 23.5 Å². The average Bonchev–Trinajstić information content (AvgIpc) is 3.43. The van der Waals surface area contributed by atoms with Crippen LogP contribution in [0.4, 0.5) is 5.82 Å². The molecule has 9 heteroatoms. The molecule has 2 heterocycles. The van der Waals surface area contributed by atoms with Crippen molar-refractivity contribution in [3.05, 3.63) is 72.1 Å². The van der Waals surface area contributed by atoms with E-state index in [1.165, 1.54) is 22.9 Å². The second-order valence-electron chi connectivity index (χ2n) is 7.68. The number of carbonyl (C=O) groups is 1. The van der Waals surface area contributed by atoms with Gasteiger partial charge in [0.15, 0.2) is 5.16 Å². The summed E-state index contributed by atoms with van der Waals surface area (Å²) in [6.45, 7) is 5.31. The first-order valence-electron chi connectivity index (χ1n) is 10.6. The number of hydrogen-bond donors (Lipinski definition) is 1. The van der Waals surface area contributed by atoms with E-state index in [1.54, 1.807) is 18.1 Å². The Hall–Kier alpha value is -3.43. The molecule has 2 aromatic carbocycles. The topological polar surface area (TPSA) is 86.9 Å². The van der Waals surface area contributed by atoms with E-state index < -0.39 is 0 Å². The summed E-state index contributed by atoms with van der Waals surface area (Å²) in [5.74, 6) is 0.664. The van der Waals surface area contributed by atoms with Crippen LogP contribution >= 0.6 is 11.8 Å². The molecule has 0 saturated heterocycles. The molecule has 0 aliphatic heterocycles. The van der Waals surface area contributed by atoms with Gasteiger partial charge < -0.3 is 14.6 Å². The smallest absolute Gasteiger partial charge is 0.236 e. The van der Waals surface area contributed by atoms with E-state index >= 15 is 0 Å². The maximum Gasteiger partial charge on any atom is 0.236 e. The third-order valence-electron chi connectivity index (χ3n) is 4.94. The molecular formula is C24H26N6O2S. The number of carbonyl (C=O) groups excluding carboxylic acids is 1. The van der Waals surface area contributed by atoms with E-state index in [0.29, 0.717) is 24.1 Å². The Morgan fingerprint density at radius 2 is 1.85 bits per heavy atom. The van der Waals surface area contributed by atoms with Crippen LogP contribution in [0.15, 0.2) is 66.1 Å². The van der Waals surface area contributed by atoms with Crippen molar-refractivity contribution in [2.75, 3.05) is 24.8 Å². The Labute approximate surface area is 197 Å². The Bertz CT molecular complexity index is 1210. The number of ether oxygens (including phenoxy) is 1. The van der Waals surface area contributed by atoms with Gasteiger partial charge >= 0.3 is 0 Å². The molecular weight excluding hydrogens is 436 g/mol. The number of aromatic nitrogens is 5. The Morgan fingerprint density at radius 1 is 1.09 bits per heavy atom. The van der Waals surface area contributed by atoms with Gasteiger partial charge in [0.1, 0.15) is 12.1 Å². The summed E-state index contributed by atoms with van der Waals surface area (Å²) in [7, 11) is 1.65. The fourth-order valence-corrected chi connectivity index (χ4v) is 4.25. The molecule has 0 spiro atoms. The van der Waals surface area contributed by atoms with E-state index in [-0.39, 0.29) is 11.7 Å². The van der Waals surface area contributed by atoms with Gasteiger partial charge in [0.05, 0.1) is 23.7 Å². The molecule has 0 fully saturated rings. The van der Waals surface area contributed by atoms with Gasteiger partial charge in [-0.25, -0.2) is 4.68 Å². The number of hydrogen-bond acceptors (Lipinski definition) is 6. The van der Waals surface area contributed by atoms with Crippen molar-refractivity contribution in [3.8, 4) is 16.9 Å².